The highest BCUT2D eigenvalue weighted by Crippen LogP contribution is 2.37. The van der Waals surface area contributed by atoms with E-state index in [1.54, 1.807) is 37.4 Å². The minimum Gasteiger partial charge on any atom is -0.497 e. The zero-order valence-electron chi connectivity index (χ0n) is 20.4. The number of ether oxygens (including phenoxy) is 3. The van der Waals surface area contributed by atoms with Crippen LogP contribution in [-0.2, 0) is 23.0 Å². The van der Waals surface area contributed by atoms with Gasteiger partial charge in [0.05, 0.1) is 33.3 Å². The number of anilines is 1. The van der Waals surface area contributed by atoms with E-state index in [9.17, 15) is 8.42 Å². The minimum absolute atomic E-state index is 0.0510. The number of sulfonamides is 1. The van der Waals surface area contributed by atoms with Gasteiger partial charge in [0, 0.05) is 11.6 Å². The Morgan fingerprint density at radius 2 is 1.69 bits per heavy atom. The molecule has 1 aromatic heterocycles. The lowest BCUT2D eigenvalue weighted by molar-refractivity contribution is 0.391. The number of nitrogens with zero attached hydrogens (tertiary/aromatic N) is 2. The monoisotopic (exact) mass is 496 g/mol. The Morgan fingerprint density at radius 3 is 2.37 bits per heavy atom. The van der Waals surface area contributed by atoms with E-state index >= 15 is 0 Å². The SMILES string of the molecule is CCc1ccc(OC)c(S(=O)(=O)N(Cc2ccc(OC)cc2OC)c2noc3cc(C)ccc23)c1. The van der Waals surface area contributed by atoms with Crippen molar-refractivity contribution < 1.29 is 27.2 Å². The molecule has 0 atom stereocenters. The van der Waals surface area contributed by atoms with Gasteiger partial charge in [-0.2, -0.15) is 0 Å². The van der Waals surface area contributed by atoms with E-state index in [0.29, 0.717) is 34.5 Å². The third-order valence-electron chi connectivity index (χ3n) is 5.86. The summed E-state index contributed by atoms with van der Waals surface area (Å²) in [6.45, 7) is 3.84. The molecule has 9 heteroatoms. The lowest BCUT2D eigenvalue weighted by Crippen LogP contribution is -2.31. The Kier molecular flexibility index (Phi) is 6.88. The molecule has 3 aromatic carbocycles. The fourth-order valence-electron chi connectivity index (χ4n) is 3.88. The number of aryl methyl sites for hydroxylation is 2. The fraction of sp³-hybridized carbons (Fsp3) is 0.269. The molecule has 0 saturated heterocycles. The molecule has 184 valence electrons. The van der Waals surface area contributed by atoms with E-state index in [2.05, 4.69) is 5.16 Å². The molecule has 0 aliphatic heterocycles. The van der Waals surface area contributed by atoms with Crippen molar-refractivity contribution in [1.82, 2.24) is 5.16 Å². The molecule has 1 heterocycles. The predicted octanol–water partition coefficient (Wildman–Crippen LogP) is 5.12. The Balaban J connectivity index is 1.93. The van der Waals surface area contributed by atoms with Crippen molar-refractivity contribution in [3.05, 3.63) is 71.3 Å². The number of rotatable bonds is 9. The molecule has 0 aliphatic carbocycles. The molecule has 0 fully saturated rings. The molecule has 0 spiro atoms. The normalized spacial score (nSPS) is 11.5. The Labute approximate surface area is 205 Å². The van der Waals surface area contributed by atoms with Crippen LogP contribution in [0.25, 0.3) is 11.0 Å². The first-order valence-electron chi connectivity index (χ1n) is 11.1. The van der Waals surface area contributed by atoms with Crippen LogP contribution in [-0.4, -0.2) is 34.9 Å². The van der Waals surface area contributed by atoms with Crippen molar-refractivity contribution in [3.8, 4) is 17.2 Å². The van der Waals surface area contributed by atoms with Crippen molar-refractivity contribution in [3.63, 3.8) is 0 Å². The molecule has 0 radical (unpaired) electrons. The highest BCUT2D eigenvalue weighted by molar-refractivity contribution is 7.93. The molecule has 0 N–H and O–H groups in total. The first kappa shape index (κ1) is 24.4. The second-order valence-corrected chi connectivity index (χ2v) is 9.86. The van der Waals surface area contributed by atoms with Gasteiger partial charge in [0.2, 0.25) is 0 Å². The molecule has 0 unspecified atom stereocenters. The van der Waals surface area contributed by atoms with Crippen LogP contribution in [0.1, 0.15) is 23.6 Å². The Morgan fingerprint density at radius 1 is 0.914 bits per heavy atom. The van der Waals surface area contributed by atoms with Gasteiger partial charge in [0.15, 0.2) is 11.4 Å². The van der Waals surface area contributed by atoms with Gasteiger partial charge in [-0.05, 0) is 60.9 Å². The summed E-state index contributed by atoms with van der Waals surface area (Å²) < 4.78 is 51.5. The predicted molar refractivity (Wildman–Crippen MR) is 134 cm³/mol. The quantitative estimate of drug-likeness (QED) is 0.318. The van der Waals surface area contributed by atoms with Crippen molar-refractivity contribution >= 4 is 26.8 Å². The molecule has 8 nitrogen and oxygen atoms in total. The smallest absolute Gasteiger partial charge is 0.269 e. The Hall–Kier alpha value is -3.72. The first-order valence-corrected chi connectivity index (χ1v) is 12.5. The van der Waals surface area contributed by atoms with E-state index in [-0.39, 0.29) is 23.0 Å². The number of aromatic nitrogens is 1. The lowest BCUT2D eigenvalue weighted by Gasteiger charge is -2.24. The molecule has 35 heavy (non-hydrogen) atoms. The standard InChI is InChI=1S/C26H28N2O6S/c1-6-18-8-12-22(32-4)25(14-18)35(29,30)28(16-19-9-10-20(31-3)15-23(19)33-5)26-21-11-7-17(2)13-24(21)34-27-26/h7-15H,6,16H2,1-5H3. The number of hydrogen-bond acceptors (Lipinski definition) is 7. The van der Waals surface area contributed by atoms with Crippen LogP contribution in [0.4, 0.5) is 5.82 Å². The maximum absolute atomic E-state index is 14.2. The van der Waals surface area contributed by atoms with Crippen LogP contribution in [0.5, 0.6) is 17.2 Å². The van der Waals surface area contributed by atoms with Gasteiger partial charge >= 0.3 is 0 Å². The zero-order valence-corrected chi connectivity index (χ0v) is 21.2. The average molecular weight is 497 g/mol. The topological polar surface area (TPSA) is 91.1 Å². The molecule has 0 saturated carbocycles. The van der Waals surface area contributed by atoms with Gasteiger partial charge in [0.1, 0.15) is 22.1 Å². The van der Waals surface area contributed by atoms with Crippen molar-refractivity contribution in [2.24, 2.45) is 0 Å². The van der Waals surface area contributed by atoms with Gasteiger partial charge in [-0.1, -0.05) is 24.2 Å². The van der Waals surface area contributed by atoms with Gasteiger partial charge in [-0.15, -0.1) is 0 Å². The summed E-state index contributed by atoms with van der Waals surface area (Å²) in [5.41, 5.74) is 2.97. The van der Waals surface area contributed by atoms with Crippen LogP contribution in [0, 0.1) is 6.92 Å². The molecule has 4 aromatic rings. The molecule has 0 aliphatic rings. The molecule has 4 rings (SSSR count). The van der Waals surface area contributed by atoms with E-state index in [1.165, 1.54) is 18.5 Å². The van der Waals surface area contributed by atoms with Crippen LogP contribution in [0.15, 0.2) is 64.0 Å². The highest BCUT2D eigenvalue weighted by Gasteiger charge is 2.33. The molecule has 0 amide bonds. The first-order chi connectivity index (χ1) is 16.8. The second kappa shape index (κ2) is 9.87. The summed E-state index contributed by atoms with van der Waals surface area (Å²) in [7, 11) is 0.393. The van der Waals surface area contributed by atoms with Crippen LogP contribution < -0.4 is 18.5 Å². The number of benzene rings is 3. The van der Waals surface area contributed by atoms with E-state index in [0.717, 1.165) is 11.1 Å². The largest absolute Gasteiger partial charge is 0.497 e. The fourth-order valence-corrected chi connectivity index (χ4v) is 5.50. The summed E-state index contributed by atoms with van der Waals surface area (Å²) >= 11 is 0. The van der Waals surface area contributed by atoms with E-state index in [4.69, 9.17) is 18.7 Å². The minimum atomic E-state index is -4.14. The van der Waals surface area contributed by atoms with Crippen molar-refractivity contribution in [2.75, 3.05) is 25.6 Å². The van der Waals surface area contributed by atoms with Gasteiger partial charge in [-0.25, -0.2) is 12.7 Å². The summed E-state index contributed by atoms with van der Waals surface area (Å²) in [6, 6.07) is 15.9. The summed E-state index contributed by atoms with van der Waals surface area (Å²) in [6.07, 6.45) is 0.672. The van der Waals surface area contributed by atoms with Gasteiger partial charge in [0.25, 0.3) is 10.0 Å². The zero-order chi connectivity index (χ0) is 25.2. The maximum Gasteiger partial charge on any atom is 0.269 e. The number of methoxy groups -OCH3 is 3. The summed E-state index contributed by atoms with van der Waals surface area (Å²) in [5, 5.41) is 4.76. The number of hydrogen-bond donors (Lipinski definition) is 0. The van der Waals surface area contributed by atoms with Crippen LogP contribution in [0.3, 0.4) is 0 Å². The molecular weight excluding hydrogens is 468 g/mol. The van der Waals surface area contributed by atoms with Crippen molar-refractivity contribution in [2.45, 2.75) is 31.7 Å². The van der Waals surface area contributed by atoms with Gasteiger partial charge in [-0.3, -0.25) is 0 Å². The second-order valence-electron chi connectivity index (χ2n) is 8.03. The lowest BCUT2D eigenvalue weighted by atomic mass is 10.1. The van der Waals surface area contributed by atoms with E-state index in [1.807, 2.05) is 38.1 Å². The summed E-state index contributed by atoms with van der Waals surface area (Å²) in [5.74, 6) is 1.52. The van der Waals surface area contributed by atoms with Crippen LogP contribution in [0.2, 0.25) is 0 Å². The highest BCUT2D eigenvalue weighted by atomic mass is 32.2. The molecule has 0 bridgehead atoms. The average Bonchev–Trinajstić information content (AvgIpc) is 3.29. The van der Waals surface area contributed by atoms with Crippen molar-refractivity contribution in [1.29, 1.82) is 0 Å². The van der Waals surface area contributed by atoms with E-state index < -0.39 is 10.0 Å². The third kappa shape index (κ3) is 4.64. The molecular formula is C26H28N2O6S. The summed E-state index contributed by atoms with van der Waals surface area (Å²) in [4.78, 5) is 0.0510. The Bertz CT molecular complexity index is 1460. The van der Waals surface area contributed by atoms with Crippen LogP contribution >= 0.6 is 0 Å². The third-order valence-corrected chi connectivity index (χ3v) is 7.61. The number of fused-ring (bicyclic) bond motifs is 1. The maximum atomic E-state index is 14.2. The van der Waals surface area contributed by atoms with Gasteiger partial charge < -0.3 is 18.7 Å².